The van der Waals surface area contributed by atoms with Crippen LogP contribution in [-0.4, -0.2) is 20.3 Å². The zero-order chi connectivity index (χ0) is 18.1. The predicted octanol–water partition coefficient (Wildman–Crippen LogP) is 4.76. The smallest absolute Gasteiger partial charge is 0.106 e. The van der Waals surface area contributed by atoms with Crippen LogP contribution >= 0.6 is 0 Å². The molecule has 1 atom stereocenters. The number of aromatic nitrogens is 3. The first-order valence-corrected chi connectivity index (χ1v) is 8.68. The van der Waals surface area contributed by atoms with Crippen molar-refractivity contribution < 1.29 is 5.11 Å². The topological polar surface area (TPSA) is 64.7 Å². The number of aliphatic hydroxyl groups excluding tert-OH is 1. The summed E-state index contributed by atoms with van der Waals surface area (Å²) in [6.07, 6.45) is 3.33. The Morgan fingerprint density at radius 3 is 2.54 bits per heavy atom. The summed E-state index contributed by atoms with van der Waals surface area (Å²) in [7, 11) is 0. The van der Waals surface area contributed by atoms with Crippen molar-refractivity contribution in [3.63, 3.8) is 0 Å². The standard InChI is InChI=1S/C22H21N3O/c1-14-13-19(15(2)23-14)22(26)17-8-4-3-7-16(17)11-12-21-18-9-5-6-10-20(18)24-25-21/h3-13,22-23,26H,1-2H3,(H,24,25). The highest BCUT2D eigenvalue weighted by atomic mass is 16.3. The maximum atomic E-state index is 10.9. The number of H-pyrrole nitrogens is 2. The molecule has 4 nitrogen and oxygen atoms in total. The third kappa shape index (κ3) is 2.95. The Hall–Kier alpha value is -3.11. The summed E-state index contributed by atoms with van der Waals surface area (Å²) in [6, 6.07) is 18.0. The maximum Gasteiger partial charge on any atom is 0.106 e. The summed E-state index contributed by atoms with van der Waals surface area (Å²) >= 11 is 0. The Labute approximate surface area is 152 Å². The normalized spacial score (nSPS) is 12.9. The Balaban J connectivity index is 1.71. The third-order valence-electron chi connectivity index (χ3n) is 4.70. The highest BCUT2D eigenvalue weighted by Gasteiger charge is 2.17. The molecule has 0 aliphatic carbocycles. The lowest BCUT2D eigenvalue weighted by Gasteiger charge is -2.14. The molecule has 0 spiro atoms. The zero-order valence-electron chi connectivity index (χ0n) is 14.8. The number of aromatic amines is 2. The first kappa shape index (κ1) is 16.4. The average molecular weight is 343 g/mol. The van der Waals surface area contributed by atoms with Gasteiger partial charge in [0.15, 0.2) is 0 Å². The van der Waals surface area contributed by atoms with E-state index in [9.17, 15) is 5.11 Å². The van der Waals surface area contributed by atoms with Crippen LogP contribution in [0.1, 0.15) is 39.9 Å². The van der Waals surface area contributed by atoms with Crippen LogP contribution in [0.15, 0.2) is 54.6 Å². The van der Waals surface area contributed by atoms with Crippen molar-refractivity contribution >= 4 is 23.1 Å². The SMILES string of the molecule is Cc1cc(C(O)c2ccccc2C=Cc2n[nH]c3ccccc23)c(C)[nH]1. The summed E-state index contributed by atoms with van der Waals surface area (Å²) < 4.78 is 0. The lowest BCUT2D eigenvalue weighted by Crippen LogP contribution is -2.02. The highest BCUT2D eigenvalue weighted by Crippen LogP contribution is 2.29. The molecule has 26 heavy (non-hydrogen) atoms. The summed E-state index contributed by atoms with van der Waals surface area (Å²) in [5.41, 5.74) is 6.71. The third-order valence-corrected chi connectivity index (χ3v) is 4.70. The number of nitrogens with zero attached hydrogens (tertiary/aromatic N) is 1. The van der Waals surface area contributed by atoms with Gasteiger partial charge in [0, 0.05) is 22.3 Å². The van der Waals surface area contributed by atoms with Gasteiger partial charge in [0.1, 0.15) is 6.10 Å². The minimum absolute atomic E-state index is 0.670. The average Bonchev–Trinajstić information content (AvgIpc) is 3.22. The van der Waals surface area contributed by atoms with E-state index >= 15 is 0 Å². The summed E-state index contributed by atoms with van der Waals surface area (Å²) in [5, 5.41) is 19.4. The van der Waals surface area contributed by atoms with E-state index < -0.39 is 6.10 Å². The lowest BCUT2D eigenvalue weighted by molar-refractivity contribution is 0.219. The van der Waals surface area contributed by atoms with Gasteiger partial charge in [-0.2, -0.15) is 5.10 Å². The molecule has 2 heterocycles. The molecule has 0 bridgehead atoms. The number of para-hydroxylation sites is 1. The molecular weight excluding hydrogens is 322 g/mol. The number of nitrogens with one attached hydrogen (secondary N) is 2. The monoisotopic (exact) mass is 343 g/mol. The van der Waals surface area contributed by atoms with Crippen LogP contribution in [0, 0.1) is 13.8 Å². The second-order valence-corrected chi connectivity index (χ2v) is 6.55. The van der Waals surface area contributed by atoms with E-state index in [1.807, 2.05) is 80.6 Å². The fourth-order valence-electron chi connectivity index (χ4n) is 3.39. The zero-order valence-corrected chi connectivity index (χ0v) is 14.8. The molecule has 2 aromatic carbocycles. The van der Waals surface area contributed by atoms with Crippen LogP contribution < -0.4 is 0 Å². The number of hydrogen-bond donors (Lipinski definition) is 3. The van der Waals surface area contributed by atoms with Gasteiger partial charge in [0.2, 0.25) is 0 Å². The summed E-state index contributed by atoms with van der Waals surface area (Å²) in [6.45, 7) is 3.98. The van der Waals surface area contributed by atoms with Crippen LogP contribution in [0.4, 0.5) is 0 Å². The molecule has 3 N–H and O–H groups in total. The van der Waals surface area contributed by atoms with Crippen molar-refractivity contribution in [1.29, 1.82) is 0 Å². The van der Waals surface area contributed by atoms with E-state index in [4.69, 9.17) is 0 Å². The fraction of sp³-hybridized carbons (Fsp3) is 0.136. The van der Waals surface area contributed by atoms with E-state index in [2.05, 4.69) is 15.2 Å². The van der Waals surface area contributed by atoms with Gasteiger partial charge in [0.25, 0.3) is 0 Å². The van der Waals surface area contributed by atoms with Gasteiger partial charge in [-0.15, -0.1) is 0 Å². The number of rotatable bonds is 4. The van der Waals surface area contributed by atoms with Crippen molar-refractivity contribution in [2.75, 3.05) is 0 Å². The van der Waals surface area contributed by atoms with Gasteiger partial charge in [-0.05, 0) is 43.2 Å². The largest absolute Gasteiger partial charge is 0.384 e. The molecule has 0 amide bonds. The molecule has 0 aliphatic heterocycles. The number of fused-ring (bicyclic) bond motifs is 1. The molecule has 130 valence electrons. The minimum Gasteiger partial charge on any atom is -0.384 e. The summed E-state index contributed by atoms with van der Waals surface area (Å²) in [4.78, 5) is 3.26. The van der Waals surface area contributed by atoms with Crippen LogP contribution in [0.3, 0.4) is 0 Å². The van der Waals surface area contributed by atoms with Crippen LogP contribution in [-0.2, 0) is 0 Å². The van der Waals surface area contributed by atoms with Gasteiger partial charge in [-0.1, -0.05) is 48.5 Å². The highest BCUT2D eigenvalue weighted by molar-refractivity contribution is 5.89. The molecular formula is C22H21N3O. The Morgan fingerprint density at radius 1 is 0.962 bits per heavy atom. The molecule has 0 saturated heterocycles. The first-order valence-electron chi connectivity index (χ1n) is 8.68. The molecule has 0 radical (unpaired) electrons. The van der Waals surface area contributed by atoms with E-state index in [-0.39, 0.29) is 0 Å². The molecule has 0 fully saturated rings. The Morgan fingerprint density at radius 2 is 1.73 bits per heavy atom. The molecule has 4 aromatic rings. The second kappa shape index (κ2) is 6.65. The number of aliphatic hydroxyl groups is 1. The quantitative estimate of drug-likeness (QED) is 0.500. The number of hydrogen-bond acceptors (Lipinski definition) is 2. The van der Waals surface area contributed by atoms with Crippen LogP contribution in [0.25, 0.3) is 23.1 Å². The summed E-state index contributed by atoms with van der Waals surface area (Å²) in [5.74, 6) is 0. The van der Waals surface area contributed by atoms with Crippen molar-refractivity contribution in [3.05, 3.63) is 88.4 Å². The van der Waals surface area contributed by atoms with Gasteiger partial charge < -0.3 is 10.1 Å². The minimum atomic E-state index is -0.670. The van der Waals surface area contributed by atoms with E-state index in [1.165, 1.54) is 0 Å². The number of aryl methyl sites for hydroxylation is 2. The van der Waals surface area contributed by atoms with E-state index in [0.29, 0.717) is 0 Å². The Kier molecular flexibility index (Phi) is 4.19. The van der Waals surface area contributed by atoms with Crippen molar-refractivity contribution in [3.8, 4) is 0 Å². The van der Waals surface area contributed by atoms with E-state index in [1.54, 1.807) is 0 Å². The van der Waals surface area contributed by atoms with Crippen molar-refractivity contribution in [2.45, 2.75) is 20.0 Å². The molecule has 4 rings (SSSR count). The molecule has 0 saturated carbocycles. The predicted molar refractivity (Wildman–Crippen MR) is 106 cm³/mol. The number of benzene rings is 2. The van der Waals surface area contributed by atoms with Crippen LogP contribution in [0.5, 0.6) is 0 Å². The van der Waals surface area contributed by atoms with Gasteiger partial charge >= 0.3 is 0 Å². The maximum absolute atomic E-state index is 10.9. The van der Waals surface area contributed by atoms with Gasteiger partial charge in [-0.25, -0.2) is 0 Å². The first-order chi connectivity index (χ1) is 12.6. The Bertz CT molecular complexity index is 1090. The molecule has 2 aromatic heterocycles. The lowest BCUT2D eigenvalue weighted by atomic mass is 9.96. The van der Waals surface area contributed by atoms with Crippen molar-refractivity contribution in [2.24, 2.45) is 0 Å². The van der Waals surface area contributed by atoms with Crippen LogP contribution in [0.2, 0.25) is 0 Å². The van der Waals surface area contributed by atoms with Crippen molar-refractivity contribution in [1.82, 2.24) is 15.2 Å². The second-order valence-electron chi connectivity index (χ2n) is 6.55. The molecule has 1 unspecified atom stereocenters. The fourth-order valence-corrected chi connectivity index (χ4v) is 3.39. The van der Waals surface area contributed by atoms with Gasteiger partial charge in [0.05, 0.1) is 11.2 Å². The molecule has 4 heteroatoms. The van der Waals surface area contributed by atoms with E-state index in [0.717, 1.165) is 44.7 Å². The van der Waals surface area contributed by atoms with Gasteiger partial charge in [-0.3, -0.25) is 5.10 Å². The molecule has 0 aliphatic rings.